The first kappa shape index (κ1) is 12.2. The first-order valence-corrected chi connectivity index (χ1v) is 3.98. The Morgan fingerprint density at radius 2 is 1.62 bits per heavy atom. The van der Waals surface area contributed by atoms with Gasteiger partial charge < -0.3 is 5.11 Å². The number of imide groups is 1. The monoisotopic (exact) mass is 237 g/mol. The lowest BCUT2D eigenvalue weighted by Gasteiger charge is -2.34. The Hall–Kier alpha value is -1.86. The third-order valence-corrected chi connectivity index (χ3v) is 2.22. The number of hydrogen-bond acceptors (Lipinski definition) is 3. The van der Waals surface area contributed by atoms with E-state index in [1.807, 2.05) is 0 Å². The van der Waals surface area contributed by atoms with Gasteiger partial charge >= 0.3 is 12.1 Å². The van der Waals surface area contributed by atoms with Crippen molar-refractivity contribution in [1.82, 2.24) is 4.90 Å². The lowest BCUT2D eigenvalue weighted by molar-refractivity contribution is -0.229. The summed E-state index contributed by atoms with van der Waals surface area (Å²) in [5.74, 6) is -4.91. The molecule has 1 atom stereocenters. The lowest BCUT2D eigenvalue weighted by atomic mass is 9.99. The number of carboxylic acid groups (broad SMARTS) is 1. The number of amides is 2. The van der Waals surface area contributed by atoms with Crippen molar-refractivity contribution >= 4 is 17.8 Å². The number of rotatable bonds is 2. The molecule has 1 rings (SSSR count). The summed E-state index contributed by atoms with van der Waals surface area (Å²) in [6.45, 7) is 0.262. The van der Waals surface area contributed by atoms with Gasteiger partial charge in [-0.2, -0.15) is 13.2 Å². The summed E-state index contributed by atoms with van der Waals surface area (Å²) >= 11 is 0. The van der Waals surface area contributed by atoms with Crippen LogP contribution in [0.1, 0.15) is 6.92 Å². The Balaban J connectivity index is 3.30. The minimum Gasteiger partial charge on any atom is -0.479 e. The van der Waals surface area contributed by atoms with Crippen molar-refractivity contribution in [3.05, 3.63) is 12.2 Å². The van der Waals surface area contributed by atoms with E-state index in [4.69, 9.17) is 5.11 Å². The highest BCUT2D eigenvalue weighted by atomic mass is 19.4. The van der Waals surface area contributed by atoms with E-state index in [1.165, 1.54) is 0 Å². The van der Waals surface area contributed by atoms with Crippen LogP contribution in [-0.4, -0.2) is 39.5 Å². The first-order valence-electron chi connectivity index (χ1n) is 3.98. The maximum Gasteiger partial charge on any atom is 0.422 e. The minimum atomic E-state index is -5.25. The van der Waals surface area contributed by atoms with E-state index in [0.29, 0.717) is 12.2 Å². The molecule has 0 aromatic rings. The minimum absolute atomic E-state index is 0.262. The number of carbonyl (C=O) groups excluding carboxylic acids is 2. The molecule has 5 nitrogen and oxygen atoms in total. The highest BCUT2D eigenvalue weighted by molar-refractivity contribution is 6.15. The fourth-order valence-corrected chi connectivity index (χ4v) is 1.18. The summed E-state index contributed by atoms with van der Waals surface area (Å²) in [5.41, 5.74) is -3.55. The molecule has 0 saturated carbocycles. The lowest BCUT2D eigenvalue weighted by Crippen LogP contribution is -2.63. The largest absolute Gasteiger partial charge is 0.479 e. The number of halogens is 3. The van der Waals surface area contributed by atoms with Gasteiger partial charge in [-0.05, 0) is 6.92 Å². The number of hydrogen-bond donors (Lipinski definition) is 1. The smallest absolute Gasteiger partial charge is 0.422 e. The molecule has 0 saturated heterocycles. The SMILES string of the molecule is CC(C(=O)O)(N1C(=O)C=CC1=O)C(F)(F)F. The second kappa shape index (κ2) is 3.32. The van der Waals surface area contributed by atoms with Crippen molar-refractivity contribution in [2.24, 2.45) is 0 Å². The van der Waals surface area contributed by atoms with E-state index in [9.17, 15) is 27.6 Å². The maximum atomic E-state index is 12.6. The van der Waals surface area contributed by atoms with Crippen molar-refractivity contribution in [1.29, 1.82) is 0 Å². The van der Waals surface area contributed by atoms with Gasteiger partial charge in [0.15, 0.2) is 0 Å². The molecule has 1 aliphatic heterocycles. The molecule has 0 bridgehead atoms. The molecule has 0 aromatic heterocycles. The molecule has 1 heterocycles. The van der Waals surface area contributed by atoms with Crippen LogP contribution in [0.5, 0.6) is 0 Å². The molecule has 0 spiro atoms. The van der Waals surface area contributed by atoms with Gasteiger partial charge in [-0.15, -0.1) is 0 Å². The van der Waals surface area contributed by atoms with Crippen molar-refractivity contribution in [3.8, 4) is 0 Å². The second-order valence-electron chi connectivity index (χ2n) is 3.22. The Kier molecular flexibility index (Phi) is 2.54. The summed E-state index contributed by atoms with van der Waals surface area (Å²) in [6, 6.07) is 0. The fourth-order valence-electron chi connectivity index (χ4n) is 1.18. The molecule has 0 aromatic carbocycles. The quantitative estimate of drug-likeness (QED) is 0.701. The van der Waals surface area contributed by atoms with Crippen molar-refractivity contribution in [3.63, 3.8) is 0 Å². The molecule has 88 valence electrons. The molecule has 16 heavy (non-hydrogen) atoms. The Labute approximate surface area is 87.1 Å². The first-order chi connectivity index (χ1) is 7.12. The van der Waals surface area contributed by atoms with Crippen molar-refractivity contribution in [2.45, 2.75) is 18.6 Å². The van der Waals surface area contributed by atoms with Crippen LogP contribution in [0.2, 0.25) is 0 Å². The van der Waals surface area contributed by atoms with E-state index < -0.39 is 29.5 Å². The summed E-state index contributed by atoms with van der Waals surface area (Å²) in [6.07, 6.45) is -4.07. The van der Waals surface area contributed by atoms with Gasteiger partial charge in [-0.3, -0.25) is 9.59 Å². The van der Waals surface area contributed by atoms with Crippen LogP contribution in [0.4, 0.5) is 13.2 Å². The van der Waals surface area contributed by atoms with E-state index >= 15 is 0 Å². The molecule has 1 unspecified atom stereocenters. The predicted molar refractivity (Wildman–Crippen MR) is 43.1 cm³/mol. The standard InChI is InChI=1S/C8H6F3NO4/c1-7(6(15)16,8(9,10)11)12-4(13)2-3-5(12)14/h2-3H,1H3,(H,15,16). The van der Waals surface area contributed by atoms with Crippen LogP contribution in [0.25, 0.3) is 0 Å². The van der Waals surface area contributed by atoms with Gasteiger partial charge in [0.05, 0.1) is 0 Å². The maximum absolute atomic E-state index is 12.6. The van der Waals surface area contributed by atoms with Gasteiger partial charge in [0.25, 0.3) is 11.8 Å². The van der Waals surface area contributed by atoms with Gasteiger partial charge in [-0.25, -0.2) is 9.69 Å². The third kappa shape index (κ3) is 1.46. The summed E-state index contributed by atoms with van der Waals surface area (Å²) < 4.78 is 37.8. The van der Waals surface area contributed by atoms with Gasteiger partial charge in [-0.1, -0.05) is 0 Å². The summed E-state index contributed by atoms with van der Waals surface area (Å²) in [7, 11) is 0. The molecular formula is C8H6F3NO4. The van der Waals surface area contributed by atoms with E-state index in [2.05, 4.69) is 0 Å². The second-order valence-corrected chi connectivity index (χ2v) is 3.22. The molecular weight excluding hydrogens is 231 g/mol. The number of carboxylic acids is 1. The number of alkyl halides is 3. The zero-order valence-corrected chi connectivity index (χ0v) is 7.91. The molecule has 2 amide bonds. The van der Waals surface area contributed by atoms with Gasteiger partial charge in [0.2, 0.25) is 5.54 Å². The van der Waals surface area contributed by atoms with Crippen LogP contribution < -0.4 is 0 Å². The van der Waals surface area contributed by atoms with Gasteiger partial charge in [0.1, 0.15) is 0 Å². The zero-order valence-electron chi connectivity index (χ0n) is 7.91. The van der Waals surface area contributed by atoms with Crippen LogP contribution in [0.15, 0.2) is 12.2 Å². The van der Waals surface area contributed by atoms with Crippen LogP contribution in [0, 0.1) is 0 Å². The van der Waals surface area contributed by atoms with Crippen molar-refractivity contribution < 1.29 is 32.7 Å². The summed E-state index contributed by atoms with van der Waals surface area (Å²) in [5, 5.41) is 8.57. The Morgan fingerprint density at radius 1 is 1.25 bits per heavy atom. The zero-order chi connectivity index (χ0) is 12.7. The summed E-state index contributed by atoms with van der Waals surface area (Å²) in [4.78, 5) is 32.4. The highest BCUT2D eigenvalue weighted by Gasteiger charge is 2.64. The van der Waals surface area contributed by atoms with E-state index in [-0.39, 0.29) is 11.8 Å². The highest BCUT2D eigenvalue weighted by Crippen LogP contribution is 2.37. The molecule has 1 N–H and O–H groups in total. The normalized spacial score (nSPS) is 20.1. The third-order valence-electron chi connectivity index (χ3n) is 2.22. The van der Waals surface area contributed by atoms with Crippen LogP contribution in [-0.2, 0) is 14.4 Å². The average Bonchev–Trinajstić information content (AvgIpc) is 2.43. The predicted octanol–water partition coefficient (Wildman–Crippen LogP) is 0.317. The fraction of sp³-hybridized carbons (Fsp3) is 0.375. The molecule has 8 heteroatoms. The number of carbonyl (C=O) groups is 3. The number of nitrogens with zero attached hydrogens (tertiary/aromatic N) is 1. The average molecular weight is 237 g/mol. The van der Waals surface area contributed by atoms with Crippen LogP contribution >= 0.6 is 0 Å². The Morgan fingerprint density at radius 3 is 1.88 bits per heavy atom. The topological polar surface area (TPSA) is 74.7 Å². The van der Waals surface area contributed by atoms with E-state index in [0.717, 1.165) is 0 Å². The van der Waals surface area contributed by atoms with E-state index in [1.54, 1.807) is 0 Å². The number of aliphatic carboxylic acids is 1. The molecule has 0 radical (unpaired) electrons. The van der Waals surface area contributed by atoms with Gasteiger partial charge in [0, 0.05) is 12.2 Å². The molecule has 0 fully saturated rings. The van der Waals surface area contributed by atoms with Crippen LogP contribution in [0.3, 0.4) is 0 Å². The van der Waals surface area contributed by atoms with Crippen molar-refractivity contribution in [2.75, 3.05) is 0 Å². The Bertz CT molecular complexity index is 383. The molecule has 1 aliphatic rings. The molecule has 0 aliphatic carbocycles.